The minimum absolute atomic E-state index is 0.00990. The SMILES string of the molecule is CC(OC(C)(C)C)C1CCCC(CCCc2ccc3nc(CCC(=O)C4=CC(=O)C5C=CC=CC5=C4)cn3c2)C1. The van der Waals surface area contributed by atoms with Crippen LogP contribution in [0, 0.1) is 17.8 Å². The number of hydrogen-bond donors (Lipinski definition) is 0. The van der Waals surface area contributed by atoms with Crippen LogP contribution < -0.4 is 0 Å². The van der Waals surface area contributed by atoms with Gasteiger partial charge in [0, 0.05) is 24.4 Å². The summed E-state index contributed by atoms with van der Waals surface area (Å²) >= 11 is 0. The van der Waals surface area contributed by atoms with Gasteiger partial charge in [0.1, 0.15) is 5.65 Å². The van der Waals surface area contributed by atoms with Gasteiger partial charge in [-0.2, -0.15) is 0 Å². The largest absolute Gasteiger partial charge is 0.373 e. The highest BCUT2D eigenvalue weighted by molar-refractivity contribution is 6.09. The van der Waals surface area contributed by atoms with E-state index in [9.17, 15) is 9.59 Å². The Balaban J connectivity index is 1.11. The van der Waals surface area contributed by atoms with Crippen LogP contribution in [0.1, 0.15) is 83.9 Å². The standard InChI is InChI=1S/C35H44N2O3/c1-24(40-35(2,3)4)27-13-8-10-25(19-27)9-7-11-26-15-18-34-36-30(23-37(34)22-26)16-17-32(38)29-20-28-12-5-6-14-31(28)33(39)21-29/h5-6,12,14-15,18,20-25,27,31H,7-11,13,16-17,19H2,1-4H3. The lowest BCUT2D eigenvalue weighted by Gasteiger charge is -2.36. The molecule has 5 nitrogen and oxygen atoms in total. The molecule has 2 aromatic rings. The van der Waals surface area contributed by atoms with Crippen LogP contribution in [0.5, 0.6) is 0 Å². The van der Waals surface area contributed by atoms with Crippen molar-refractivity contribution in [2.24, 2.45) is 17.8 Å². The minimum atomic E-state index is -0.245. The van der Waals surface area contributed by atoms with E-state index in [4.69, 9.17) is 9.72 Å². The molecule has 0 bridgehead atoms. The van der Waals surface area contributed by atoms with Crippen molar-refractivity contribution in [1.29, 1.82) is 0 Å². The van der Waals surface area contributed by atoms with Crippen LogP contribution in [0.4, 0.5) is 0 Å². The minimum Gasteiger partial charge on any atom is -0.373 e. The van der Waals surface area contributed by atoms with Crippen molar-refractivity contribution in [3.8, 4) is 0 Å². The van der Waals surface area contributed by atoms with E-state index in [1.165, 1.54) is 50.2 Å². The summed E-state index contributed by atoms with van der Waals surface area (Å²) < 4.78 is 8.37. The van der Waals surface area contributed by atoms with Gasteiger partial charge in [0.2, 0.25) is 0 Å². The summed E-state index contributed by atoms with van der Waals surface area (Å²) in [6.45, 7) is 8.72. The van der Waals surface area contributed by atoms with Gasteiger partial charge in [0.05, 0.1) is 23.3 Å². The second kappa shape index (κ2) is 12.2. The molecular weight excluding hydrogens is 496 g/mol. The van der Waals surface area contributed by atoms with Crippen LogP contribution in [0.15, 0.2) is 72.1 Å². The summed E-state index contributed by atoms with van der Waals surface area (Å²) in [6.07, 6.45) is 25.2. The van der Waals surface area contributed by atoms with Gasteiger partial charge in [-0.05, 0) is 101 Å². The predicted molar refractivity (Wildman–Crippen MR) is 160 cm³/mol. The van der Waals surface area contributed by atoms with Gasteiger partial charge >= 0.3 is 0 Å². The second-order valence-electron chi connectivity index (χ2n) is 12.9. The third-order valence-corrected chi connectivity index (χ3v) is 8.59. The van der Waals surface area contributed by atoms with Crippen LogP contribution in [-0.2, 0) is 27.2 Å². The van der Waals surface area contributed by atoms with Gasteiger partial charge in [-0.3, -0.25) is 9.59 Å². The molecule has 4 atom stereocenters. The first kappa shape index (κ1) is 28.5. The number of rotatable bonds is 10. The molecule has 4 unspecified atom stereocenters. The number of fused-ring (bicyclic) bond motifs is 2. The van der Waals surface area contributed by atoms with E-state index >= 15 is 0 Å². The quantitative estimate of drug-likeness (QED) is 0.316. The molecular formula is C35H44N2O3. The molecule has 5 heteroatoms. The summed E-state index contributed by atoms with van der Waals surface area (Å²) in [5.74, 6) is 1.20. The highest BCUT2D eigenvalue weighted by Gasteiger charge is 2.29. The zero-order valence-corrected chi connectivity index (χ0v) is 24.6. The van der Waals surface area contributed by atoms with Crippen molar-refractivity contribution in [1.82, 2.24) is 9.38 Å². The number of aromatic nitrogens is 2. The third-order valence-electron chi connectivity index (χ3n) is 8.59. The Morgan fingerprint density at radius 1 is 1.12 bits per heavy atom. The maximum atomic E-state index is 12.9. The third kappa shape index (κ3) is 7.17. The fourth-order valence-electron chi connectivity index (χ4n) is 6.59. The van der Waals surface area contributed by atoms with Crippen LogP contribution in [0.3, 0.4) is 0 Å². The Labute approximate surface area is 239 Å². The zero-order valence-electron chi connectivity index (χ0n) is 24.6. The molecule has 0 N–H and O–H groups in total. The molecule has 0 saturated heterocycles. The number of ketones is 2. The van der Waals surface area contributed by atoms with Crippen molar-refractivity contribution in [2.45, 2.75) is 97.2 Å². The van der Waals surface area contributed by atoms with E-state index in [1.54, 1.807) is 0 Å². The molecule has 3 aliphatic carbocycles. The van der Waals surface area contributed by atoms with Crippen molar-refractivity contribution in [3.63, 3.8) is 0 Å². The Morgan fingerprint density at radius 3 is 2.80 bits per heavy atom. The fraction of sp³-hybridized carbons (Fsp3) is 0.514. The molecule has 0 aliphatic heterocycles. The lowest BCUT2D eigenvalue weighted by atomic mass is 9.77. The maximum absolute atomic E-state index is 12.9. The number of imidazole rings is 1. The molecule has 1 saturated carbocycles. The Bertz CT molecular complexity index is 1370. The molecule has 0 radical (unpaired) electrons. The molecule has 2 aromatic heterocycles. The molecule has 0 amide bonds. The van der Waals surface area contributed by atoms with Gasteiger partial charge < -0.3 is 9.14 Å². The summed E-state index contributed by atoms with van der Waals surface area (Å²) in [4.78, 5) is 30.1. The number of carbonyl (C=O) groups excluding carboxylic acids is 2. The smallest absolute Gasteiger partial charge is 0.167 e. The number of Topliss-reactive ketones (excluding diaryl/α,β-unsaturated/α-hetero) is 1. The number of hydrogen-bond acceptors (Lipinski definition) is 4. The van der Waals surface area contributed by atoms with E-state index in [0.29, 0.717) is 30.4 Å². The number of nitrogens with zero attached hydrogens (tertiary/aromatic N) is 2. The number of aryl methyl sites for hydroxylation is 2. The highest BCUT2D eigenvalue weighted by atomic mass is 16.5. The first-order valence-corrected chi connectivity index (χ1v) is 15.1. The first-order valence-electron chi connectivity index (χ1n) is 15.1. The fourth-order valence-corrected chi connectivity index (χ4v) is 6.59. The Kier molecular flexibility index (Phi) is 8.70. The van der Waals surface area contributed by atoms with E-state index in [0.717, 1.165) is 29.3 Å². The lowest BCUT2D eigenvalue weighted by molar-refractivity contribution is -0.118. The average molecular weight is 541 g/mol. The number of carbonyl (C=O) groups is 2. The first-order chi connectivity index (χ1) is 19.1. The van der Waals surface area contributed by atoms with Crippen LogP contribution in [0.2, 0.25) is 0 Å². The van der Waals surface area contributed by atoms with E-state index in [1.807, 2.05) is 36.6 Å². The van der Waals surface area contributed by atoms with E-state index in [2.05, 4.69) is 50.4 Å². The van der Waals surface area contributed by atoms with Crippen molar-refractivity contribution in [3.05, 3.63) is 83.4 Å². The molecule has 2 heterocycles. The van der Waals surface area contributed by atoms with E-state index < -0.39 is 0 Å². The van der Waals surface area contributed by atoms with Crippen LogP contribution in [-0.4, -0.2) is 32.7 Å². The highest BCUT2D eigenvalue weighted by Crippen LogP contribution is 2.36. The average Bonchev–Trinajstić information content (AvgIpc) is 3.33. The maximum Gasteiger partial charge on any atom is 0.167 e. The van der Waals surface area contributed by atoms with Crippen LogP contribution >= 0.6 is 0 Å². The molecule has 1 fully saturated rings. The van der Waals surface area contributed by atoms with Crippen molar-refractivity contribution >= 4 is 17.2 Å². The molecule has 5 rings (SSSR count). The summed E-state index contributed by atoms with van der Waals surface area (Å²) in [6, 6.07) is 4.27. The summed E-state index contributed by atoms with van der Waals surface area (Å²) in [7, 11) is 0. The van der Waals surface area contributed by atoms with Gasteiger partial charge in [-0.15, -0.1) is 0 Å². The van der Waals surface area contributed by atoms with Gasteiger partial charge in [-0.25, -0.2) is 4.98 Å². The molecule has 40 heavy (non-hydrogen) atoms. The lowest BCUT2D eigenvalue weighted by Crippen LogP contribution is -2.33. The molecule has 0 aromatic carbocycles. The molecule has 0 spiro atoms. The number of ether oxygens (including phenoxy) is 1. The van der Waals surface area contributed by atoms with Crippen molar-refractivity contribution in [2.75, 3.05) is 0 Å². The molecule has 212 valence electrons. The predicted octanol–water partition coefficient (Wildman–Crippen LogP) is 7.35. The van der Waals surface area contributed by atoms with E-state index in [-0.39, 0.29) is 23.1 Å². The zero-order chi connectivity index (χ0) is 28.3. The van der Waals surface area contributed by atoms with Gasteiger partial charge in [-0.1, -0.05) is 49.6 Å². The second-order valence-corrected chi connectivity index (χ2v) is 12.9. The Morgan fingerprint density at radius 2 is 1.98 bits per heavy atom. The summed E-state index contributed by atoms with van der Waals surface area (Å²) in [5.41, 5.74) is 4.46. The summed E-state index contributed by atoms with van der Waals surface area (Å²) in [5, 5.41) is 0. The van der Waals surface area contributed by atoms with Crippen LogP contribution in [0.25, 0.3) is 5.65 Å². The monoisotopic (exact) mass is 540 g/mol. The van der Waals surface area contributed by atoms with Crippen molar-refractivity contribution < 1.29 is 14.3 Å². The number of pyridine rings is 1. The molecule has 3 aliphatic rings. The Hall–Kier alpha value is -3.05. The van der Waals surface area contributed by atoms with Gasteiger partial charge in [0.25, 0.3) is 0 Å². The normalized spacial score (nSPS) is 23.6. The number of allylic oxidation sites excluding steroid dienone is 8. The van der Waals surface area contributed by atoms with Gasteiger partial charge in [0.15, 0.2) is 11.6 Å². The topological polar surface area (TPSA) is 60.7 Å².